The van der Waals surface area contributed by atoms with Gasteiger partial charge in [-0.15, -0.1) is 0 Å². The molecule has 0 spiro atoms. The zero-order chi connectivity index (χ0) is 13.3. The Kier molecular flexibility index (Phi) is 3.97. The number of hydrogen-bond acceptors (Lipinski definition) is 6. The quantitative estimate of drug-likeness (QED) is 0.536. The van der Waals surface area contributed by atoms with Gasteiger partial charge in [-0.05, 0) is 19.1 Å². The van der Waals surface area contributed by atoms with Gasteiger partial charge in [0.15, 0.2) is 11.1 Å². The first-order valence-corrected chi connectivity index (χ1v) is 5.47. The van der Waals surface area contributed by atoms with Gasteiger partial charge in [0.2, 0.25) is 0 Å². The van der Waals surface area contributed by atoms with Crippen molar-refractivity contribution in [2.45, 2.75) is 23.8 Å². The van der Waals surface area contributed by atoms with E-state index in [2.05, 4.69) is 4.18 Å². The summed E-state index contributed by atoms with van der Waals surface area (Å²) >= 11 is -2.47. The molecule has 96 valence electrons. The molecule has 0 fully saturated rings. The molecular weight excluding hydrogens is 255 g/mol. The van der Waals surface area contributed by atoms with E-state index < -0.39 is 23.1 Å². The molecule has 0 saturated heterocycles. The number of aliphatic hydroxyl groups is 4. The van der Waals surface area contributed by atoms with Crippen molar-refractivity contribution in [2.24, 2.45) is 0 Å². The smallest absolute Gasteiger partial charge is 0.336 e. The van der Waals surface area contributed by atoms with Gasteiger partial charge >= 0.3 is 12.0 Å². The Hall–Kier alpha value is -0.900. The lowest BCUT2D eigenvalue weighted by Gasteiger charge is -2.25. The molecular formula is C9H11FO6S. The summed E-state index contributed by atoms with van der Waals surface area (Å²) in [6.07, 6.45) is 0. The van der Waals surface area contributed by atoms with Crippen LogP contribution in [0.15, 0.2) is 29.2 Å². The monoisotopic (exact) mass is 266 g/mol. The van der Waals surface area contributed by atoms with Crippen LogP contribution in [-0.4, -0.2) is 36.6 Å². The minimum atomic E-state index is -4.45. The third kappa shape index (κ3) is 3.53. The van der Waals surface area contributed by atoms with Crippen LogP contribution in [0.25, 0.3) is 0 Å². The van der Waals surface area contributed by atoms with E-state index >= 15 is 0 Å². The van der Waals surface area contributed by atoms with Crippen LogP contribution in [0.1, 0.15) is 5.56 Å². The van der Waals surface area contributed by atoms with E-state index in [4.69, 9.17) is 20.4 Å². The highest BCUT2D eigenvalue weighted by Crippen LogP contribution is 2.23. The molecule has 0 aromatic heterocycles. The standard InChI is InChI=1S/C9H11FO6S/c1-6-2-4-7(5-3-6)17(15)16-9(13,14)8(10,11)12/h2-5,11-14H,1H3. The molecule has 0 radical (unpaired) electrons. The first-order valence-electron chi connectivity index (χ1n) is 4.40. The maximum atomic E-state index is 12.5. The van der Waals surface area contributed by atoms with Gasteiger partial charge in [0.25, 0.3) is 0 Å². The molecule has 1 aromatic carbocycles. The molecule has 1 rings (SSSR count). The number of rotatable bonds is 4. The van der Waals surface area contributed by atoms with E-state index in [1.165, 1.54) is 12.1 Å². The maximum Gasteiger partial charge on any atom is 0.400 e. The van der Waals surface area contributed by atoms with Crippen molar-refractivity contribution in [1.82, 2.24) is 0 Å². The molecule has 0 aliphatic rings. The summed E-state index contributed by atoms with van der Waals surface area (Å²) in [4.78, 5) is 0.00678. The molecule has 4 N–H and O–H groups in total. The van der Waals surface area contributed by atoms with Gasteiger partial charge in [-0.1, -0.05) is 17.7 Å². The van der Waals surface area contributed by atoms with Crippen LogP contribution in [0.4, 0.5) is 4.39 Å². The SMILES string of the molecule is Cc1ccc(S(=O)OC(O)(O)C(O)(O)F)cc1. The summed E-state index contributed by atoms with van der Waals surface area (Å²) in [5.41, 5.74) is 0.856. The van der Waals surface area contributed by atoms with Crippen molar-refractivity contribution in [2.75, 3.05) is 0 Å². The van der Waals surface area contributed by atoms with Crippen LogP contribution >= 0.6 is 0 Å². The molecule has 6 nitrogen and oxygen atoms in total. The van der Waals surface area contributed by atoms with Gasteiger partial charge in [-0.25, -0.2) is 8.39 Å². The van der Waals surface area contributed by atoms with Crippen molar-refractivity contribution in [3.63, 3.8) is 0 Å². The predicted octanol–water partition coefficient (Wildman–Crippen LogP) is -0.719. The van der Waals surface area contributed by atoms with E-state index in [0.29, 0.717) is 0 Å². The van der Waals surface area contributed by atoms with E-state index in [-0.39, 0.29) is 4.90 Å². The lowest BCUT2D eigenvalue weighted by Crippen LogP contribution is -2.53. The Bertz CT molecular complexity index is 410. The zero-order valence-electron chi connectivity index (χ0n) is 8.70. The zero-order valence-corrected chi connectivity index (χ0v) is 9.52. The Morgan fingerprint density at radius 1 is 1.18 bits per heavy atom. The first-order chi connectivity index (χ1) is 7.63. The molecule has 0 heterocycles. The number of benzene rings is 1. The van der Waals surface area contributed by atoms with Gasteiger partial charge in [0, 0.05) is 0 Å². The average molecular weight is 266 g/mol. The van der Waals surface area contributed by atoms with Gasteiger partial charge in [-0.3, -0.25) is 0 Å². The number of alkyl halides is 1. The predicted molar refractivity (Wildman–Crippen MR) is 54.1 cm³/mol. The van der Waals surface area contributed by atoms with Crippen LogP contribution in [0.3, 0.4) is 0 Å². The summed E-state index contributed by atoms with van der Waals surface area (Å²) in [5, 5.41) is 34.2. The Morgan fingerprint density at radius 2 is 1.65 bits per heavy atom. The van der Waals surface area contributed by atoms with Crippen molar-refractivity contribution < 1.29 is 33.2 Å². The molecule has 1 unspecified atom stereocenters. The summed E-state index contributed by atoms with van der Waals surface area (Å²) < 4.78 is 27.8. The normalized spacial score (nSPS) is 14.7. The Labute approximate surface area is 98.6 Å². The van der Waals surface area contributed by atoms with Crippen LogP contribution in [0.2, 0.25) is 0 Å². The molecule has 1 atom stereocenters. The molecule has 17 heavy (non-hydrogen) atoms. The van der Waals surface area contributed by atoms with E-state index in [0.717, 1.165) is 5.56 Å². The summed E-state index contributed by atoms with van der Waals surface area (Å²) in [5.74, 6) is -4.00. The number of aryl methyl sites for hydroxylation is 1. The van der Waals surface area contributed by atoms with E-state index in [1.54, 1.807) is 19.1 Å². The highest BCUT2D eigenvalue weighted by atomic mass is 32.2. The highest BCUT2D eigenvalue weighted by molar-refractivity contribution is 7.80. The van der Waals surface area contributed by atoms with Gasteiger partial charge in [0.05, 0.1) is 4.90 Å². The van der Waals surface area contributed by atoms with E-state index in [1.807, 2.05) is 0 Å². The third-order valence-electron chi connectivity index (χ3n) is 1.82. The molecule has 0 amide bonds. The van der Waals surface area contributed by atoms with Crippen LogP contribution < -0.4 is 0 Å². The molecule has 0 bridgehead atoms. The number of hydrogen-bond donors (Lipinski definition) is 4. The van der Waals surface area contributed by atoms with Gasteiger partial charge in [0.1, 0.15) is 0 Å². The second kappa shape index (κ2) is 4.77. The van der Waals surface area contributed by atoms with Crippen molar-refractivity contribution in [3.05, 3.63) is 29.8 Å². The van der Waals surface area contributed by atoms with Crippen molar-refractivity contribution in [1.29, 1.82) is 0 Å². The van der Waals surface area contributed by atoms with Crippen LogP contribution in [0.5, 0.6) is 0 Å². The minimum absolute atomic E-state index is 0.00678. The number of halogens is 1. The second-order valence-corrected chi connectivity index (χ2v) is 4.43. The fourth-order valence-corrected chi connectivity index (χ4v) is 1.63. The molecule has 0 aliphatic carbocycles. The van der Waals surface area contributed by atoms with Gasteiger partial charge < -0.3 is 20.4 Å². The van der Waals surface area contributed by atoms with Crippen LogP contribution in [0, 0.1) is 6.92 Å². The van der Waals surface area contributed by atoms with Crippen molar-refractivity contribution >= 4 is 11.1 Å². The molecule has 1 aromatic rings. The Balaban J connectivity index is 2.83. The van der Waals surface area contributed by atoms with Crippen molar-refractivity contribution in [3.8, 4) is 0 Å². The highest BCUT2D eigenvalue weighted by Gasteiger charge is 2.52. The minimum Gasteiger partial charge on any atom is -0.336 e. The maximum absolute atomic E-state index is 12.5. The van der Waals surface area contributed by atoms with Gasteiger partial charge in [-0.2, -0.15) is 4.39 Å². The molecule has 0 saturated carbocycles. The average Bonchev–Trinajstić information content (AvgIpc) is 2.16. The summed E-state index contributed by atoms with van der Waals surface area (Å²) in [7, 11) is 0. The largest absolute Gasteiger partial charge is 0.400 e. The second-order valence-electron chi connectivity index (χ2n) is 3.33. The summed E-state index contributed by atoms with van der Waals surface area (Å²) in [6, 6.07) is 1.36. The first kappa shape index (κ1) is 14.2. The topological polar surface area (TPSA) is 107 Å². The third-order valence-corrected chi connectivity index (χ3v) is 2.86. The fourth-order valence-electron chi connectivity index (χ4n) is 0.856. The molecule has 8 heteroatoms. The summed E-state index contributed by atoms with van der Waals surface area (Å²) in [6.45, 7) is 1.77. The molecule has 0 aliphatic heterocycles. The lowest BCUT2D eigenvalue weighted by molar-refractivity contribution is -0.475. The van der Waals surface area contributed by atoms with Crippen LogP contribution in [-0.2, 0) is 15.3 Å². The Morgan fingerprint density at radius 3 is 2.06 bits per heavy atom. The fraction of sp³-hybridized carbons (Fsp3) is 0.333. The lowest BCUT2D eigenvalue weighted by atomic mass is 10.2. The van der Waals surface area contributed by atoms with E-state index in [9.17, 15) is 8.60 Å².